The van der Waals surface area contributed by atoms with Crippen LogP contribution in [0.2, 0.25) is 0 Å². The Balaban J connectivity index is 1.95. The van der Waals surface area contributed by atoms with Crippen LogP contribution in [0.1, 0.15) is 13.8 Å². The molecule has 148 valence electrons. The van der Waals surface area contributed by atoms with E-state index in [0.29, 0.717) is 5.75 Å². The normalized spacial score (nSPS) is 12.2. The zero-order chi connectivity index (χ0) is 21.0. The maximum Gasteiger partial charge on any atom is 0.327 e. The molecule has 0 heterocycles. The molecule has 5 nitrogen and oxygen atoms in total. The number of alkyl halides is 1. The maximum absolute atomic E-state index is 12.1. The minimum absolute atomic E-state index is 0.0602. The number of hydrogen-bond acceptors (Lipinski definition) is 4. The van der Waals surface area contributed by atoms with Gasteiger partial charge in [0, 0.05) is 24.3 Å². The fraction of sp³-hybridized carbons (Fsp3) is 0.136. The Kier molecular flexibility index (Phi) is 6.39. The molecule has 0 radical (unpaired) electrons. The summed E-state index contributed by atoms with van der Waals surface area (Å²) in [6.45, 7) is 3.45. The Labute approximate surface area is 180 Å². The summed E-state index contributed by atoms with van der Waals surface area (Å²) in [6, 6.07) is 23.9. The van der Waals surface area contributed by atoms with Gasteiger partial charge in [-0.2, -0.15) is 0 Å². The molecule has 3 aromatic rings. The lowest BCUT2D eigenvalue weighted by Crippen LogP contribution is -2.29. The second-order valence-electron chi connectivity index (χ2n) is 6.70. The quantitative estimate of drug-likeness (QED) is 0.114. The SMILES string of the molecule is CC(C)(Br)C(=O)Oc1ccc([S+](c2ccccc2)c2ccc([N+](=O)[O-])cc2)cc1. The van der Waals surface area contributed by atoms with Gasteiger partial charge in [-0.05, 0) is 50.2 Å². The number of nitro groups is 1. The van der Waals surface area contributed by atoms with Crippen molar-refractivity contribution in [3.05, 3.63) is 89.0 Å². The third kappa shape index (κ3) is 5.25. The molecule has 0 saturated heterocycles. The van der Waals surface area contributed by atoms with Gasteiger partial charge >= 0.3 is 5.97 Å². The number of nitro benzene ring substituents is 1. The van der Waals surface area contributed by atoms with E-state index in [4.69, 9.17) is 4.74 Å². The third-order valence-corrected chi connectivity index (χ3v) is 6.57. The van der Waals surface area contributed by atoms with Gasteiger partial charge in [-0.1, -0.05) is 34.1 Å². The number of benzene rings is 3. The van der Waals surface area contributed by atoms with Crippen LogP contribution in [0.3, 0.4) is 0 Å². The Morgan fingerprint density at radius 1 is 0.897 bits per heavy atom. The summed E-state index contributed by atoms with van der Waals surface area (Å²) in [5.74, 6) is 0.0919. The highest BCUT2D eigenvalue weighted by molar-refractivity contribution is 9.10. The number of halogens is 1. The summed E-state index contributed by atoms with van der Waals surface area (Å²) >= 11 is 3.30. The topological polar surface area (TPSA) is 69.4 Å². The predicted molar refractivity (Wildman–Crippen MR) is 117 cm³/mol. The van der Waals surface area contributed by atoms with Crippen molar-refractivity contribution in [2.45, 2.75) is 32.9 Å². The van der Waals surface area contributed by atoms with Gasteiger partial charge in [-0.15, -0.1) is 0 Å². The molecule has 1 unspecified atom stereocenters. The fourth-order valence-electron chi connectivity index (χ4n) is 2.54. The average molecular weight is 473 g/mol. The van der Waals surface area contributed by atoms with Crippen molar-refractivity contribution in [3.63, 3.8) is 0 Å². The fourth-order valence-corrected chi connectivity index (χ4v) is 4.68. The molecular formula is C22H19BrNO4S+. The van der Waals surface area contributed by atoms with E-state index < -0.39 is 20.1 Å². The van der Waals surface area contributed by atoms with E-state index in [2.05, 4.69) is 15.9 Å². The summed E-state index contributed by atoms with van der Waals surface area (Å²) in [4.78, 5) is 25.7. The van der Waals surface area contributed by atoms with Crippen molar-refractivity contribution in [1.29, 1.82) is 0 Å². The molecule has 7 heteroatoms. The number of esters is 1. The van der Waals surface area contributed by atoms with Crippen LogP contribution in [0, 0.1) is 10.1 Å². The van der Waals surface area contributed by atoms with Gasteiger partial charge in [-0.3, -0.25) is 14.9 Å². The van der Waals surface area contributed by atoms with E-state index in [1.165, 1.54) is 12.1 Å². The highest BCUT2D eigenvalue weighted by atomic mass is 79.9. The van der Waals surface area contributed by atoms with E-state index >= 15 is 0 Å². The average Bonchev–Trinajstić information content (AvgIpc) is 2.70. The van der Waals surface area contributed by atoms with Crippen molar-refractivity contribution in [2.24, 2.45) is 0 Å². The molecule has 0 fully saturated rings. The number of carbonyl (C=O) groups excluding carboxylic acids is 1. The first-order chi connectivity index (χ1) is 13.8. The molecule has 0 aliphatic heterocycles. The third-order valence-electron chi connectivity index (χ3n) is 4.02. The van der Waals surface area contributed by atoms with Gasteiger partial charge in [-0.25, -0.2) is 0 Å². The van der Waals surface area contributed by atoms with Crippen molar-refractivity contribution in [2.75, 3.05) is 0 Å². The molecule has 0 saturated carbocycles. The van der Waals surface area contributed by atoms with Crippen LogP contribution in [-0.4, -0.2) is 15.2 Å². The molecular weight excluding hydrogens is 454 g/mol. The molecule has 0 spiro atoms. The molecule has 0 amide bonds. The molecule has 29 heavy (non-hydrogen) atoms. The van der Waals surface area contributed by atoms with Crippen molar-refractivity contribution >= 4 is 38.5 Å². The number of carbonyl (C=O) groups is 1. The Hall–Kier alpha value is -2.64. The Morgan fingerprint density at radius 2 is 1.38 bits per heavy atom. The lowest BCUT2D eigenvalue weighted by Gasteiger charge is -2.14. The molecule has 3 rings (SSSR count). The smallest absolute Gasteiger partial charge is 0.327 e. The molecule has 0 aliphatic carbocycles. The number of hydrogen-bond donors (Lipinski definition) is 0. The number of nitrogens with zero attached hydrogens (tertiary/aromatic N) is 1. The Morgan fingerprint density at radius 3 is 1.86 bits per heavy atom. The first-order valence-electron chi connectivity index (χ1n) is 8.81. The number of rotatable bonds is 6. The summed E-state index contributed by atoms with van der Waals surface area (Å²) in [5.41, 5.74) is 0.0602. The van der Waals surface area contributed by atoms with Crippen molar-refractivity contribution < 1.29 is 14.5 Å². The van der Waals surface area contributed by atoms with Crippen molar-refractivity contribution in [1.82, 2.24) is 0 Å². The van der Waals surface area contributed by atoms with E-state index in [1.807, 2.05) is 42.5 Å². The van der Waals surface area contributed by atoms with Crippen LogP contribution in [0.15, 0.2) is 93.5 Å². The van der Waals surface area contributed by atoms with Gasteiger partial charge < -0.3 is 4.74 Å². The second-order valence-corrected chi connectivity index (χ2v) is 10.7. The number of ether oxygens (including phenoxy) is 1. The molecule has 0 N–H and O–H groups in total. The van der Waals surface area contributed by atoms with Gasteiger partial charge in [0.25, 0.3) is 5.69 Å². The van der Waals surface area contributed by atoms with E-state index in [-0.39, 0.29) is 11.7 Å². The van der Waals surface area contributed by atoms with Crippen LogP contribution in [-0.2, 0) is 15.7 Å². The summed E-state index contributed by atoms with van der Waals surface area (Å²) in [7, 11) is -0.447. The highest BCUT2D eigenvalue weighted by Gasteiger charge is 2.30. The van der Waals surface area contributed by atoms with Gasteiger partial charge in [0.1, 0.15) is 10.1 Å². The standard InChI is InChI=1S/C22H19BrNO4S/c1-22(2,23)21(25)28-17-10-14-20(15-11-17)29(18-6-4-3-5-7-18)19-12-8-16(9-13-19)24(26)27/h3-15H,1-2H3/q+1. The minimum atomic E-state index is -0.765. The lowest BCUT2D eigenvalue weighted by atomic mass is 10.2. The molecule has 3 aromatic carbocycles. The zero-order valence-electron chi connectivity index (χ0n) is 15.9. The predicted octanol–water partition coefficient (Wildman–Crippen LogP) is 5.77. The van der Waals surface area contributed by atoms with Crippen molar-refractivity contribution in [3.8, 4) is 5.75 Å². The monoisotopic (exact) mass is 472 g/mol. The van der Waals surface area contributed by atoms with Crippen LogP contribution in [0.5, 0.6) is 5.75 Å². The molecule has 0 bridgehead atoms. The zero-order valence-corrected chi connectivity index (χ0v) is 18.3. The molecule has 1 atom stereocenters. The van der Waals surface area contributed by atoms with Gasteiger partial charge in [0.15, 0.2) is 14.7 Å². The van der Waals surface area contributed by atoms with Crippen LogP contribution in [0.25, 0.3) is 0 Å². The first kappa shape index (κ1) is 21.1. The van der Waals surface area contributed by atoms with Gasteiger partial charge in [0.05, 0.1) is 15.8 Å². The van der Waals surface area contributed by atoms with E-state index in [1.54, 1.807) is 38.1 Å². The van der Waals surface area contributed by atoms with E-state index in [0.717, 1.165) is 14.7 Å². The first-order valence-corrected chi connectivity index (χ1v) is 10.8. The summed E-state index contributed by atoms with van der Waals surface area (Å²) in [5, 5.41) is 11.0. The van der Waals surface area contributed by atoms with Crippen LogP contribution >= 0.6 is 15.9 Å². The molecule has 0 aromatic heterocycles. The van der Waals surface area contributed by atoms with E-state index in [9.17, 15) is 14.9 Å². The second kappa shape index (κ2) is 8.80. The lowest BCUT2D eigenvalue weighted by molar-refractivity contribution is -0.384. The summed E-state index contributed by atoms with van der Waals surface area (Å²) < 4.78 is 4.64. The largest absolute Gasteiger partial charge is 0.426 e. The number of non-ortho nitro benzene ring substituents is 1. The van der Waals surface area contributed by atoms with Crippen LogP contribution < -0.4 is 4.74 Å². The molecule has 0 aliphatic rings. The Bertz CT molecular complexity index is 1000. The summed E-state index contributed by atoms with van der Waals surface area (Å²) in [6.07, 6.45) is 0. The highest BCUT2D eigenvalue weighted by Crippen LogP contribution is 2.33. The van der Waals surface area contributed by atoms with Gasteiger partial charge in [0.2, 0.25) is 0 Å². The van der Waals surface area contributed by atoms with Crippen LogP contribution in [0.4, 0.5) is 5.69 Å². The minimum Gasteiger partial charge on any atom is -0.426 e. The maximum atomic E-state index is 12.1.